The molecule has 0 spiro atoms. The van der Waals surface area contributed by atoms with Crippen LogP contribution in [-0.2, 0) is 6.61 Å². The topological polar surface area (TPSA) is 63.4 Å². The lowest BCUT2D eigenvalue weighted by molar-refractivity contribution is -0.390. The van der Waals surface area contributed by atoms with Crippen molar-refractivity contribution in [3.05, 3.63) is 39.4 Å². The normalized spacial score (nSPS) is 10.1. The van der Waals surface area contributed by atoms with Gasteiger partial charge in [-0.2, -0.15) is 8.78 Å². The van der Waals surface area contributed by atoms with Gasteiger partial charge in [0.25, 0.3) is 0 Å². The molecule has 6 heteroatoms. The Hall–Kier alpha value is -1.56. The third kappa shape index (κ3) is 1.78. The van der Waals surface area contributed by atoms with E-state index in [1.165, 1.54) is 0 Å². The molecule has 13 heavy (non-hydrogen) atoms. The van der Waals surface area contributed by atoms with Gasteiger partial charge in [-0.15, -0.1) is 0 Å². The van der Waals surface area contributed by atoms with Crippen LogP contribution in [0, 0.1) is 21.7 Å². The Morgan fingerprint density at radius 2 is 1.85 bits per heavy atom. The summed E-state index contributed by atoms with van der Waals surface area (Å²) in [6.45, 7) is -0.564. The molecule has 0 aromatic heterocycles. The Morgan fingerprint density at radius 1 is 1.38 bits per heavy atom. The molecule has 0 saturated carbocycles. The molecular formula is C7H5F2NO3. The number of aliphatic hydroxyl groups excluding tert-OH is 1. The summed E-state index contributed by atoms with van der Waals surface area (Å²) >= 11 is 0. The average Bonchev–Trinajstić information content (AvgIpc) is 2.02. The lowest BCUT2D eigenvalue weighted by Crippen LogP contribution is -1.98. The highest BCUT2D eigenvalue weighted by atomic mass is 19.1. The molecule has 0 radical (unpaired) electrons. The predicted molar refractivity (Wildman–Crippen MR) is 38.9 cm³/mol. The molecule has 1 N–H and O–H groups in total. The zero-order chi connectivity index (χ0) is 10.0. The van der Waals surface area contributed by atoms with Crippen molar-refractivity contribution in [1.29, 1.82) is 0 Å². The highest BCUT2D eigenvalue weighted by Gasteiger charge is 2.21. The van der Waals surface area contributed by atoms with Crippen LogP contribution >= 0.6 is 0 Å². The van der Waals surface area contributed by atoms with E-state index in [2.05, 4.69) is 0 Å². The molecule has 0 aliphatic rings. The van der Waals surface area contributed by atoms with Gasteiger partial charge in [-0.25, -0.2) is 0 Å². The number of rotatable bonds is 2. The molecule has 0 atom stereocenters. The predicted octanol–water partition coefficient (Wildman–Crippen LogP) is 1.37. The molecule has 4 nitrogen and oxygen atoms in total. The summed E-state index contributed by atoms with van der Waals surface area (Å²) in [4.78, 5) is 8.96. The van der Waals surface area contributed by atoms with Gasteiger partial charge in [-0.1, -0.05) is 0 Å². The van der Waals surface area contributed by atoms with Crippen LogP contribution in [-0.4, -0.2) is 10.0 Å². The summed E-state index contributed by atoms with van der Waals surface area (Å²) in [6, 6.07) is 1.45. The van der Waals surface area contributed by atoms with Crippen LogP contribution in [0.2, 0.25) is 0 Å². The molecule has 0 heterocycles. The van der Waals surface area contributed by atoms with E-state index in [9.17, 15) is 18.9 Å². The van der Waals surface area contributed by atoms with Crippen molar-refractivity contribution in [2.45, 2.75) is 6.61 Å². The van der Waals surface area contributed by atoms with Crippen LogP contribution in [0.15, 0.2) is 12.1 Å². The molecule has 1 aromatic carbocycles. The minimum Gasteiger partial charge on any atom is -0.392 e. The van der Waals surface area contributed by atoms with Crippen molar-refractivity contribution < 1.29 is 18.8 Å². The maximum atomic E-state index is 12.8. The molecule has 0 fully saturated rings. The Labute approximate surface area is 71.6 Å². The Bertz CT molecular complexity index is 331. The van der Waals surface area contributed by atoms with Crippen molar-refractivity contribution in [3.8, 4) is 0 Å². The highest BCUT2D eigenvalue weighted by Crippen LogP contribution is 2.22. The van der Waals surface area contributed by atoms with Crippen molar-refractivity contribution >= 4 is 5.69 Å². The standard InChI is InChI=1S/C7H5F2NO3/c8-5-1-4(3-11)2-6(9)7(5)10(12)13/h1-2,11H,3H2. The van der Waals surface area contributed by atoms with Crippen LogP contribution in [0.5, 0.6) is 0 Å². The first-order valence-electron chi connectivity index (χ1n) is 3.29. The maximum Gasteiger partial charge on any atom is 0.340 e. The van der Waals surface area contributed by atoms with Gasteiger partial charge in [-0.3, -0.25) is 10.1 Å². The van der Waals surface area contributed by atoms with Gasteiger partial charge < -0.3 is 5.11 Å². The van der Waals surface area contributed by atoms with Gasteiger partial charge in [0, 0.05) is 0 Å². The number of halogens is 2. The number of nitro benzene ring substituents is 1. The van der Waals surface area contributed by atoms with Crippen LogP contribution in [0.4, 0.5) is 14.5 Å². The van der Waals surface area contributed by atoms with Gasteiger partial charge in [0.2, 0.25) is 11.6 Å². The van der Waals surface area contributed by atoms with E-state index >= 15 is 0 Å². The van der Waals surface area contributed by atoms with Gasteiger partial charge in [-0.05, 0) is 17.7 Å². The van der Waals surface area contributed by atoms with Gasteiger partial charge in [0.1, 0.15) is 0 Å². The Balaban J connectivity index is 3.31. The second-order valence-corrected chi connectivity index (χ2v) is 2.32. The van der Waals surface area contributed by atoms with E-state index in [1.54, 1.807) is 0 Å². The molecule has 0 aliphatic heterocycles. The third-order valence-electron chi connectivity index (χ3n) is 1.44. The minimum atomic E-state index is -1.28. The first-order chi connectivity index (χ1) is 6.06. The van der Waals surface area contributed by atoms with E-state index in [1.807, 2.05) is 0 Å². The summed E-state index contributed by atoms with van der Waals surface area (Å²) in [5.41, 5.74) is -1.24. The van der Waals surface area contributed by atoms with E-state index in [0.717, 1.165) is 12.1 Å². The van der Waals surface area contributed by atoms with E-state index in [0.29, 0.717) is 0 Å². The Kier molecular flexibility index (Phi) is 2.52. The molecular weight excluding hydrogens is 184 g/mol. The van der Waals surface area contributed by atoms with Crippen LogP contribution in [0.1, 0.15) is 5.56 Å². The zero-order valence-electron chi connectivity index (χ0n) is 6.33. The second kappa shape index (κ2) is 3.44. The molecule has 0 aliphatic carbocycles. The van der Waals surface area contributed by atoms with Gasteiger partial charge >= 0.3 is 5.69 Å². The average molecular weight is 189 g/mol. The first-order valence-corrected chi connectivity index (χ1v) is 3.29. The SMILES string of the molecule is O=[N+]([O-])c1c(F)cc(CO)cc1F. The van der Waals surface area contributed by atoms with Crippen LogP contribution in [0.25, 0.3) is 0 Å². The quantitative estimate of drug-likeness (QED) is 0.564. The van der Waals surface area contributed by atoms with E-state index in [-0.39, 0.29) is 5.56 Å². The van der Waals surface area contributed by atoms with Crippen molar-refractivity contribution in [2.75, 3.05) is 0 Å². The first kappa shape index (κ1) is 9.53. The van der Waals surface area contributed by atoms with Crippen LogP contribution in [0.3, 0.4) is 0 Å². The number of hydrogen-bond donors (Lipinski definition) is 1. The molecule has 1 rings (SSSR count). The number of benzene rings is 1. The highest BCUT2D eigenvalue weighted by molar-refractivity contribution is 5.36. The summed E-state index contributed by atoms with van der Waals surface area (Å²) < 4.78 is 25.5. The van der Waals surface area contributed by atoms with Gasteiger partial charge in [0.05, 0.1) is 11.5 Å². The van der Waals surface area contributed by atoms with Crippen molar-refractivity contribution in [2.24, 2.45) is 0 Å². The van der Waals surface area contributed by atoms with Crippen molar-refractivity contribution in [3.63, 3.8) is 0 Å². The molecule has 0 bridgehead atoms. The molecule has 0 amide bonds. The largest absolute Gasteiger partial charge is 0.392 e. The minimum absolute atomic E-state index is 0.0411. The fourth-order valence-corrected chi connectivity index (χ4v) is 0.884. The fraction of sp³-hybridized carbons (Fsp3) is 0.143. The maximum absolute atomic E-state index is 12.8. The van der Waals surface area contributed by atoms with Crippen LogP contribution < -0.4 is 0 Å². The lowest BCUT2D eigenvalue weighted by Gasteiger charge is -1.98. The second-order valence-electron chi connectivity index (χ2n) is 2.32. The third-order valence-corrected chi connectivity index (χ3v) is 1.44. The number of nitrogens with zero attached hydrogens (tertiary/aromatic N) is 1. The number of aliphatic hydroxyl groups is 1. The Morgan fingerprint density at radius 3 is 2.15 bits per heavy atom. The summed E-state index contributed by atoms with van der Waals surface area (Å²) in [7, 11) is 0. The van der Waals surface area contributed by atoms with Crippen molar-refractivity contribution in [1.82, 2.24) is 0 Å². The molecule has 0 unspecified atom stereocenters. The smallest absolute Gasteiger partial charge is 0.340 e. The molecule has 0 saturated heterocycles. The summed E-state index contributed by atoms with van der Waals surface area (Å²) in [5, 5.41) is 18.6. The van der Waals surface area contributed by atoms with E-state index < -0.39 is 28.9 Å². The van der Waals surface area contributed by atoms with E-state index in [4.69, 9.17) is 5.11 Å². The van der Waals surface area contributed by atoms with Gasteiger partial charge in [0.15, 0.2) is 0 Å². The molecule has 1 aromatic rings. The zero-order valence-corrected chi connectivity index (χ0v) is 6.33. The fourth-order valence-electron chi connectivity index (χ4n) is 0.884. The number of nitro groups is 1. The monoisotopic (exact) mass is 189 g/mol. The lowest BCUT2D eigenvalue weighted by atomic mass is 10.2. The summed E-state index contributed by atoms with van der Waals surface area (Å²) in [5.74, 6) is -2.57. The molecule has 70 valence electrons. The number of hydrogen-bond acceptors (Lipinski definition) is 3. The summed E-state index contributed by atoms with van der Waals surface area (Å²) in [6.07, 6.45) is 0.